The van der Waals surface area contributed by atoms with Crippen LogP contribution in [0.25, 0.3) is 22.3 Å². The first kappa shape index (κ1) is 23.8. The number of carboxylic acids is 2. The van der Waals surface area contributed by atoms with Crippen LogP contribution in [0.2, 0.25) is 0 Å². The number of epoxide rings is 2. The monoisotopic (exact) mass is 490 g/mol. The van der Waals surface area contributed by atoms with E-state index in [2.05, 4.69) is 0 Å². The summed E-state index contributed by atoms with van der Waals surface area (Å²) in [5.41, 5.74) is 3.73. The van der Waals surface area contributed by atoms with Gasteiger partial charge in [0.2, 0.25) is 0 Å². The lowest BCUT2D eigenvalue weighted by molar-refractivity contribution is 0.0686. The molecule has 8 heteroatoms. The lowest BCUT2D eigenvalue weighted by Gasteiger charge is -2.16. The molecule has 5 rings (SSSR count). The van der Waals surface area contributed by atoms with Crippen molar-refractivity contribution in [2.45, 2.75) is 25.6 Å². The molecule has 2 heterocycles. The number of aromatic carboxylic acids is 2. The average Bonchev–Trinajstić information content (AvgIpc) is 3.81. The second-order valence-electron chi connectivity index (χ2n) is 8.78. The van der Waals surface area contributed by atoms with E-state index in [0.717, 1.165) is 11.1 Å². The first-order valence-electron chi connectivity index (χ1n) is 11.8. The molecular weight excluding hydrogens is 464 g/mol. The van der Waals surface area contributed by atoms with Gasteiger partial charge in [-0.3, -0.25) is 0 Å². The fourth-order valence-electron chi connectivity index (χ4n) is 4.08. The third-order valence-corrected chi connectivity index (χ3v) is 6.21. The van der Waals surface area contributed by atoms with E-state index in [4.69, 9.17) is 18.9 Å². The molecule has 2 saturated heterocycles. The maximum Gasteiger partial charge on any atom is 0.336 e. The summed E-state index contributed by atoms with van der Waals surface area (Å²) in [6.07, 6.45) is 0.775. The third kappa shape index (κ3) is 5.35. The van der Waals surface area contributed by atoms with Crippen LogP contribution in [0.15, 0.2) is 54.6 Å². The first-order valence-corrected chi connectivity index (χ1v) is 11.8. The molecule has 2 atom stereocenters. The summed E-state index contributed by atoms with van der Waals surface area (Å²) in [7, 11) is 0. The topological polar surface area (TPSA) is 118 Å². The molecule has 0 saturated carbocycles. The molecule has 0 spiro atoms. The number of benzene rings is 3. The Morgan fingerprint density at radius 2 is 1.31 bits per heavy atom. The lowest BCUT2D eigenvalue weighted by atomic mass is 9.90. The molecule has 0 bridgehead atoms. The van der Waals surface area contributed by atoms with E-state index in [-0.39, 0.29) is 23.3 Å². The van der Waals surface area contributed by atoms with Crippen LogP contribution in [-0.4, -0.2) is 60.8 Å². The van der Waals surface area contributed by atoms with Crippen LogP contribution in [0.5, 0.6) is 11.5 Å². The van der Waals surface area contributed by atoms with Crippen LogP contribution in [0.4, 0.5) is 0 Å². The normalized spacial score (nSPS) is 17.9. The maximum atomic E-state index is 12.0. The van der Waals surface area contributed by atoms with Crippen LogP contribution in [-0.2, 0) is 15.9 Å². The second kappa shape index (κ2) is 10.0. The van der Waals surface area contributed by atoms with Gasteiger partial charge in [-0.25, -0.2) is 9.59 Å². The smallest absolute Gasteiger partial charge is 0.336 e. The molecule has 8 nitrogen and oxygen atoms in total. The van der Waals surface area contributed by atoms with Crippen LogP contribution in [0.3, 0.4) is 0 Å². The molecule has 2 aliphatic heterocycles. The average molecular weight is 491 g/mol. The van der Waals surface area contributed by atoms with Crippen LogP contribution in [0.1, 0.15) is 33.2 Å². The summed E-state index contributed by atoms with van der Waals surface area (Å²) in [5, 5.41) is 19.6. The van der Waals surface area contributed by atoms with E-state index in [0.29, 0.717) is 61.0 Å². The minimum Gasteiger partial charge on any atom is -0.491 e. The van der Waals surface area contributed by atoms with Crippen molar-refractivity contribution in [1.29, 1.82) is 0 Å². The standard InChI is InChI=1S/C28H26O8/c1-2-16-9-17(25-10-18(33-12-20-14-35-20)4-7-23(25)27(29)30)3-6-22(16)26-11-19(34-13-21-15-36-21)5-8-24(26)28(31)32/h3-11,20-21H,2,12-15H2,1H3,(H,29,30)(H,31,32). The molecule has 2 unspecified atom stereocenters. The molecule has 3 aromatic rings. The zero-order valence-electron chi connectivity index (χ0n) is 19.7. The zero-order chi connectivity index (χ0) is 25.2. The molecule has 0 aromatic heterocycles. The molecule has 2 fully saturated rings. The summed E-state index contributed by atoms with van der Waals surface area (Å²) in [4.78, 5) is 23.9. The number of hydrogen-bond acceptors (Lipinski definition) is 6. The van der Waals surface area contributed by atoms with E-state index in [9.17, 15) is 19.8 Å². The van der Waals surface area contributed by atoms with Gasteiger partial charge in [-0.05, 0) is 65.1 Å². The Hall–Kier alpha value is -3.88. The van der Waals surface area contributed by atoms with Crippen molar-refractivity contribution >= 4 is 11.9 Å². The Labute approximate surface area is 208 Å². The van der Waals surface area contributed by atoms with Gasteiger partial charge in [-0.15, -0.1) is 0 Å². The van der Waals surface area contributed by atoms with Crippen molar-refractivity contribution in [3.8, 4) is 33.8 Å². The molecule has 2 N–H and O–H groups in total. The fraction of sp³-hybridized carbons (Fsp3) is 0.286. The van der Waals surface area contributed by atoms with Gasteiger partial charge >= 0.3 is 11.9 Å². The molecule has 0 aliphatic carbocycles. The minimum absolute atomic E-state index is 0.0815. The number of carboxylic acid groups (broad SMARTS) is 2. The molecule has 0 amide bonds. The summed E-state index contributed by atoms with van der Waals surface area (Å²) in [6.45, 7) is 4.13. The highest BCUT2D eigenvalue weighted by molar-refractivity contribution is 5.98. The Balaban J connectivity index is 1.53. The van der Waals surface area contributed by atoms with Gasteiger partial charge in [0.05, 0.1) is 24.3 Å². The molecule has 2 aliphatic rings. The van der Waals surface area contributed by atoms with Crippen molar-refractivity contribution in [2.75, 3.05) is 26.4 Å². The highest BCUT2D eigenvalue weighted by atomic mass is 16.6. The predicted octanol–water partition coefficient (Wildman–Crippen LogP) is 4.53. The Morgan fingerprint density at radius 1 is 0.778 bits per heavy atom. The highest BCUT2D eigenvalue weighted by Gasteiger charge is 2.25. The quantitative estimate of drug-likeness (QED) is 0.376. The molecule has 0 radical (unpaired) electrons. The van der Waals surface area contributed by atoms with Gasteiger partial charge in [0.15, 0.2) is 0 Å². The number of aryl methyl sites for hydroxylation is 1. The summed E-state index contributed by atoms with van der Waals surface area (Å²) >= 11 is 0. The highest BCUT2D eigenvalue weighted by Crippen LogP contribution is 2.36. The maximum absolute atomic E-state index is 12.0. The zero-order valence-corrected chi connectivity index (χ0v) is 19.7. The number of hydrogen-bond donors (Lipinski definition) is 2. The molecular formula is C28H26O8. The van der Waals surface area contributed by atoms with Gasteiger partial charge in [0.1, 0.15) is 36.9 Å². The van der Waals surface area contributed by atoms with E-state index in [1.165, 1.54) is 6.07 Å². The van der Waals surface area contributed by atoms with Crippen LogP contribution >= 0.6 is 0 Å². The van der Waals surface area contributed by atoms with Crippen LogP contribution in [0, 0.1) is 0 Å². The van der Waals surface area contributed by atoms with Crippen molar-refractivity contribution in [3.05, 3.63) is 71.3 Å². The van der Waals surface area contributed by atoms with Crippen LogP contribution < -0.4 is 9.47 Å². The van der Waals surface area contributed by atoms with E-state index in [1.807, 2.05) is 19.1 Å². The van der Waals surface area contributed by atoms with Gasteiger partial charge in [-0.2, -0.15) is 0 Å². The number of ether oxygens (including phenoxy) is 4. The second-order valence-corrected chi connectivity index (χ2v) is 8.78. The summed E-state index contributed by atoms with van der Waals surface area (Å²) in [5.74, 6) is -0.952. The van der Waals surface area contributed by atoms with E-state index >= 15 is 0 Å². The van der Waals surface area contributed by atoms with Gasteiger partial charge in [-0.1, -0.05) is 25.1 Å². The first-order chi connectivity index (χ1) is 17.4. The van der Waals surface area contributed by atoms with Gasteiger partial charge in [0.25, 0.3) is 0 Å². The summed E-state index contributed by atoms with van der Waals surface area (Å²) < 4.78 is 21.9. The largest absolute Gasteiger partial charge is 0.491 e. The molecule has 3 aromatic carbocycles. The molecule has 36 heavy (non-hydrogen) atoms. The number of carbonyl (C=O) groups is 2. The minimum atomic E-state index is -1.04. The molecule has 186 valence electrons. The fourth-order valence-corrected chi connectivity index (χ4v) is 4.08. The SMILES string of the molecule is CCc1cc(-c2cc(OCC3CO3)ccc2C(=O)O)ccc1-c1cc(OCC2CO2)ccc1C(=O)O. The van der Waals surface area contributed by atoms with Gasteiger partial charge in [0, 0.05) is 5.56 Å². The van der Waals surface area contributed by atoms with E-state index in [1.54, 1.807) is 36.4 Å². The van der Waals surface area contributed by atoms with Gasteiger partial charge < -0.3 is 29.2 Å². The Bertz CT molecular complexity index is 1310. The van der Waals surface area contributed by atoms with Crippen molar-refractivity contribution in [3.63, 3.8) is 0 Å². The Kier molecular flexibility index (Phi) is 6.63. The predicted molar refractivity (Wildman–Crippen MR) is 131 cm³/mol. The lowest BCUT2D eigenvalue weighted by Crippen LogP contribution is -2.06. The van der Waals surface area contributed by atoms with E-state index < -0.39 is 11.9 Å². The van der Waals surface area contributed by atoms with Crippen molar-refractivity contribution < 1.29 is 38.7 Å². The van der Waals surface area contributed by atoms with Crippen molar-refractivity contribution in [1.82, 2.24) is 0 Å². The third-order valence-electron chi connectivity index (χ3n) is 6.21. The summed E-state index contributed by atoms with van der Waals surface area (Å²) in [6, 6.07) is 15.4. The Morgan fingerprint density at radius 3 is 1.81 bits per heavy atom. The van der Waals surface area contributed by atoms with Crippen molar-refractivity contribution in [2.24, 2.45) is 0 Å². The number of rotatable bonds is 11.